The number of hydrogen-bond acceptors (Lipinski definition) is 4. The lowest BCUT2D eigenvalue weighted by atomic mass is 9.90. The molecule has 22 heavy (non-hydrogen) atoms. The van der Waals surface area contributed by atoms with Gasteiger partial charge in [0.25, 0.3) is 0 Å². The van der Waals surface area contributed by atoms with Crippen LogP contribution in [0.4, 0.5) is 0 Å². The first-order chi connectivity index (χ1) is 9.69. The number of nitrogens with one attached hydrogen (secondary N) is 1. The van der Waals surface area contributed by atoms with Crippen molar-refractivity contribution >= 4 is 39.8 Å². The van der Waals surface area contributed by atoms with E-state index in [-0.39, 0.29) is 35.1 Å². The third kappa shape index (κ3) is 4.25. The van der Waals surface area contributed by atoms with E-state index in [1.54, 1.807) is 20.9 Å². The number of hydrogen-bond donors (Lipinski definition) is 1. The summed E-state index contributed by atoms with van der Waals surface area (Å²) in [6, 6.07) is 0. The van der Waals surface area contributed by atoms with Gasteiger partial charge in [-0.25, -0.2) is 8.42 Å². The van der Waals surface area contributed by atoms with Crippen molar-refractivity contribution in [3.8, 4) is 0 Å². The minimum absolute atomic E-state index is 0. The monoisotopic (exact) mass is 445 g/mol. The van der Waals surface area contributed by atoms with E-state index in [0.29, 0.717) is 13.1 Å². The molecule has 2 heterocycles. The van der Waals surface area contributed by atoms with Crippen LogP contribution in [-0.2, 0) is 14.6 Å². The second-order valence-electron chi connectivity index (χ2n) is 7.01. The van der Waals surface area contributed by atoms with Gasteiger partial charge >= 0.3 is 0 Å². The second-order valence-corrected chi connectivity index (χ2v) is 9.76. The molecule has 0 amide bonds. The quantitative estimate of drug-likeness (QED) is 0.392. The topological polar surface area (TPSA) is 71.0 Å². The molecule has 0 aliphatic carbocycles. The van der Waals surface area contributed by atoms with Crippen molar-refractivity contribution in [3.63, 3.8) is 0 Å². The number of sulfone groups is 1. The van der Waals surface area contributed by atoms with Crippen LogP contribution < -0.4 is 5.32 Å². The highest BCUT2D eigenvalue weighted by atomic mass is 127. The van der Waals surface area contributed by atoms with Gasteiger partial charge in [-0.1, -0.05) is 6.92 Å². The van der Waals surface area contributed by atoms with Crippen LogP contribution in [0.25, 0.3) is 0 Å². The maximum Gasteiger partial charge on any atom is 0.193 e. The average molecular weight is 445 g/mol. The van der Waals surface area contributed by atoms with Crippen LogP contribution in [0, 0.1) is 5.41 Å². The van der Waals surface area contributed by atoms with Gasteiger partial charge in [-0.15, -0.1) is 24.0 Å². The molecule has 2 saturated heterocycles. The first kappa shape index (κ1) is 20.0. The number of aliphatic imine (C=N–C) groups is 1. The van der Waals surface area contributed by atoms with Crippen LogP contribution in [0.5, 0.6) is 0 Å². The highest BCUT2D eigenvalue weighted by Gasteiger charge is 2.41. The van der Waals surface area contributed by atoms with Crippen LogP contribution in [0.1, 0.15) is 27.2 Å². The fraction of sp³-hybridized carbons (Fsp3) is 0.929. The Hall–Kier alpha value is -0.0900. The lowest BCUT2D eigenvalue weighted by Crippen LogP contribution is -2.58. The maximum atomic E-state index is 12.1. The Morgan fingerprint density at radius 2 is 2.05 bits per heavy atom. The normalized spacial score (nSPS) is 30.7. The van der Waals surface area contributed by atoms with E-state index in [2.05, 4.69) is 17.2 Å². The zero-order chi connectivity index (χ0) is 15.7. The second kappa shape index (κ2) is 7.21. The Balaban J connectivity index is 0.00000242. The summed E-state index contributed by atoms with van der Waals surface area (Å²) in [4.78, 5) is 6.35. The van der Waals surface area contributed by atoms with Crippen molar-refractivity contribution in [2.75, 3.05) is 45.6 Å². The van der Waals surface area contributed by atoms with E-state index in [1.165, 1.54) is 0 Å². The Bertz CT molecular complexity index is 513. The molecule has 0 bridgehead atoms. The van der Waals surface area contributed by atoms with Gasteiger partial charge in [0.2, 0.25) is 0 Å². The van der Waals surface area contributed by atoms with Crippen molar-refractivity contribution in [1.29, 1.82) is 0 Å². The first-order valence-corrected chi connectivity index (χ1v) is 9.10. The Morgan fingerprint density at radius 1 is 1.36 bits per heavy atom. The van der Waals surface area contributed by atoms with Gasteiger partial charge in [0, 0.05) is 38.7 Å². The summed E-state index contributed by atoms with van der Waals surface area (Å²) in [6.07, 6.45) is 1.04. The summed E-state index contributed by atoms with van der Waals surface area (Å²) in [5.74, 6) is 0.965. The van der Waals surface area contributed by atoms with Crippen molar-refractivity contribution in [1.82, 2.24) is 10.2 Å². The minimum atomic E-state index is -3.02. The SMILES string of the molecule is CN=C(NCC1(C)CCOC1)N1CCS(=O)(=O)C(C)(C)C1.I. The summed E-state index contributed by atoms with van der Waals surface area (Å²) < 4.78 is 28.9. The summed E-state index contributed by atoms with van der Waals surface area (Å²) in [5, 5.41) is 3.39. The van der Waals surface area contributed by atoms with Gasteiger partial charge in [-0.2, -0.15) is 0 Å². The van der Waals surface area contributed by atoms with E-state index in [4.69, 9.17) is 4.74 Å². The van der Waals surface area contributed by atoms with Crippen LogP contribution in [-0.4, -0.2) is 69.7 Å². The predicted molar refractivity (Wildman–Crippen MR) is 99.8 cm³/mol. The molecule has 0 aromatic carbocycles. The number of rotatable bonds is 2. The van der Waals surface area contributed by atoms with Gasteiger partial charge in [-0.3, -0.25) is 4.99 Å². The number of nitrogens with zero attached hydrogens (tertiary/aromatic N) is 2. The van der Waals surface area contributed by atoms with Crippen LogP contribution >= 0.6 is 24.0 Å². The minimum Gasteiger partial charge on any atom is -0.381 e. The van der Waals surface area contributed by atoms with Crippen molar-refractivity contribution in [2.24, 2.45) is 10.4 Å². The predicted octanol–water partition coefficient (Wildman–Crippen LogP) is 1.12. The van der Waals surface area contributed by atoms with E-state index in [0.717, 1.165) is 32.1 Å². The molecule has 2 fully saturated rings. The molecule has 6 nitrogen and oxygen atoms in total. The van der Waals surface area contributed by atoms with Crippen molar-refractivity contribution in [2.45, 2.75) is 31.9 Å². The number of guanidine groups is 1. The van der Waals surface area contributed by atoms with Crippen molar-refractivity contribution < 1.29 is 13.2 Å². The molecule has 8 heteroatoms. The molecule has 1 N–H and O–H groups in total. The van der Waals surface area contributed by atoms with E-state index >= 15 is 0 Å². The van der Waals surface area contributed by atoms with Crippen LogP contribution in [0.15, 0.2) is 4.99 Å². The Labute approximate surface area is 151 Å². The highest BCUT2D eigenvalue weighted by molar-refractivity contribution is 14.0. The summed E-state index contributed by atoms with van der Waals surface area (Å²) in [7, 11) is -1.28. The molecule has 0 aromatic rings. The Morgan fingerprint density at radius 3 is 2.55 bits per heavy atom. The molecular weight excluding hydrogens is 417 g/mol. The van der Waals surface area contributed by atoms with Gasteiger partial charge in [0.1, 0.15) is 0 Å². The van der Waals surface area contributed by atoms with E-state index < -0.39 is 14.6 Å². The fourth-order valence-corrected chi connectivity index (χ4v) is 4.16. The lowest BCUT2D eigenvalue weighted by molar-refractivity contribution is 0.160. The fourth-order valence-electron chi connectivity index (χ4n) is 2.80. The van der Waals surface area contributed by atoms with Gasteiger partial charge in [0.15, 0.2) is 15.8 Å². The maximum absolute atomic E-state index is 12.1. The smallest absolute Gasteiger partial charge is 0.193 e. The molecule has 0 aromatic heterocycles. The van der Waals surface area contributed by atoms with Crippen LogP contribution in [0.3, 0.4) is 0 Å². The lowest BCUT2D eigenvalue weighted by Gasteiger charge is -2.39. The van der Waals surface area contributed by atoms with Gasteiger partial charge < -0.3 is 15.0 Å². The molecule has 2 rings (SSSR count). The first-order valence-electron chi connectivity index (χ1n) is 7.45. The van der Waals surface area contributed by atoms with E-state index in [9.17, 15) is 8.42 Å². The third-order valence-corrected chi connectivity index (χ3v) is 7.06. The molecule has 1 unspecified atom stereocenters. The number of halogens is 1. The summed E-state index contributed by atoms with van der Waals surface area (Å²) >= 11 is 0. The summed E-state index contributed by atoms with van der Waals surface area (Å²) in [6.45, 7) is 9.11. The van der Waals surface area contributed by atoms with Crippen molar-refractivity contribution in [3.05, 3.63) is 0 Å². The zero-order valence-electron chi connectivity index (χ0n) is 13.9. The highest BCUT2D eigenvalue weighted by Crippen LogP contribution is 2.27. The van der Waals surface area contributed by atoms with E-state index in [1.807, 2.05) is 4.90 Å². The van der Waals surface area contributed by atoms with Gasteiger partial charge in [-0.05, 0) is 20.3 Å². The molecule has 0 spiro atoms. The largest absolute Gasteiger partial charge is 0.381 e. The summed E-state index contributed by atoms with van der Waals surface area (Å²) in [5.41, 5.74) is 0.132. The van der Waals surface area contributed by atoms with Gasteiger partial charge in [0.05, 0.1) is 17.1 Å². The molecule has 130 valence electrons. The number of ether oxygens (including phenoxy) is 1. The van der Waals surface area contributed by atoms with Crippen LogP contribution in [0.2, 0.25) is 0 Å². The molecule has 0 saturated carbocycles. The molecular formula is C14H28IN3O3S. The third-order valence-electron chi connectivity index (χ3n) is 4.53. The standard InChI is InChI=1S/C14H27N3O3S.HI/c1-13(2)10-17(6-8-21(13,18)19)12(15-4)16-9-14(3)5-7-20-11-14;/h5-11H2,1-4H3,(H,15,16);1H. The zero-order valence-corrected chi connectivity index (χ0v) is 17.0. The molecule has 2 aliphatic heterocycles. The average Bonchev–Trinajstić information content (AvgIpc) is 2.81. The molecule has 1 atom stereocenters. The molecule has 2 aliphatic rings. The Kier molecular flexibility index (Phi) is 6.54. The molecule has 0 radical (unpaired) electrons.